The molecule has 0 atom stereocenters. The van der Waals surface area contributed by atoms with Gasteiger partial charge in [-0.2, -0.15) is 0 Å². The molecule has 0 bridgehead atoms. The quantitative estimate of drug-likeness (QED) is 0.307. The number of benzene rings is 3. The van der Waals surface area contributed by atoms with E-state index in [-0.39, 0.29) is 12.5 Å². The zero-order valence-corrected chi connectivity index (χ0v) is 20.0. The van der Waals surface area contributed by atoms with Crippen molar-refractivity contribution >= 4 is 56.0 Å². The van der Waals surface area contributed by atoms with Crippen LogP contribution in [0, 0.1) is 0 Å². The third kappa shape index (κ3) is 5.15. The number of rotatable bonds is 7. The Balaban J connectivity index is 1.54. The van der Waals surface area contributed by atoms with Crippen LogP contribution in [0.4, 0.5) is 17.3 Å². The first-order valence-corrected chi connectivity index (χ1v) is 11.2. The topological polar surface area (TPSA) is 102 Å². The highest BCUT2D eigenvalue weighted by Gasteiger charge is 2.13. The van der Waals surface area contributed by atoms with E-state index in [9.17, 15) is 9.59 Å². The van der Waals surface area contributed by atoms with Crippen LogP contribution in [0.15, 0.2) is 71.3 Å². The van der Waals surface area contributed by atoms with Crippen LogP contribution in [-0.2, 0) is 4.74 Å². The van der Waals surface area contributed by atoms with E-state index in [2.05, 4.69) is 36.5 Å². The summed E-state index contributed by atoms with van der Waals surface area (Å²) < 4.78 is 11.2. The van der Waals surface area contributed by atoms with E-state index >= 15 is 0 Å². The number of carbonyl (C=O) groups excluding carboxylic acids is 2. The Morgan fingerprint density at radius 3 is 2.53 bits per heavy atom. The van der Waals surface area contributed by atoms with Crippen molar-refractivity contribution in [3.8, 4) is 5.75 Å². The number of anilines is 3. The summed E-state index contributed by atoms with van der Waals surface area (Å²) in [5.41, 5.74) is 2.68. The molecule has 172 valence electrons. The molecule has 0 spiro atoms. The van der Waals surface area contributed by atoms with Crippen molar-refractivity contribution in [2.24, 2.45) is 0 Å². The highest BCUT2D eigenvalue weighted by Crippen LogP contribution is 2.30. The van der Waals surface area contributed by atoms with Crippen LogP contribution in [0.1, 0.15) is 27.6 Å². The molecule has 34 heavy (non-hydrogen) atoms. The lowest BCUT2D eigenvalue weighted by molar-refractivity contribution is 0.0526. The number of hydrogen-bond donors (Lipinski definition) is 2. The standard InChI is InChI=1S/C25H21BrN4O4/c1-3-34-24(32)16-9-7-15(8-10-16)23(31)29-20-13-18(11-12-21(20)33-2)28-25-27-14-17-5-4-6-19(26)22(17)30-25/h4-14H,3H2,1-2H3,(H,29,31)(H,27,28,30). The first-order valence-electron chi connectivity index (χ1n) is 10.4. The molecule has 4 rings (SSSR count). The Morgan fingerprint density at radius 2 is 1.79 bits per heavy atom. The number of nitrogens with zero attached hydrogens (tertiary/aromatic N) is 2. The van der Waals surface area contributed by atoms with E-state index < -0.39 is 5.97 Å². The maximum atomic E-state index is 12.8. The number of nitrogens with one attached hydrogen (secondary N) is 2. The number of halogens is 1. The fraction of sp³-hybridized carbons (Fsp3) is 0.120. The van der Waals surface area contributed by atoms with Crippen molar-refractivity contribution in [3.63, 3.8) is 0 Å². The third-order valence-corrected chi connectivity index (χ3v) is 5.56. The van der Waals surface area contributed by atoms with E-state index in [1.165, 1.54) is 7.11 Å². The highest BCUT2D eigenvalue weighted by molar-refractivity contribution is 9.10. The lowest BCUT2D eigenvalue weighted by Crippen LogP contribution is -2.13. The second-order valence-corrected chi connectivity index (χ2v) is 8.02. The summed E-state index contributed by atoms with van der Waals surface area (Å²) in [6.45, 7) is 2.02. The molecule has 0 aliphatic heterocycles. The second kappa shape index (κ2) is 10.3. The Kier molecular flexibility index (Phi) is 7.03. The molecular weight excluding hydrogens is 500 g/mol. The van der Waals surface area contributed by atoms with Crippen LogP contribution < -0.4 is 15.4 Å². The van der Waals surface area contributed by atoms with E-state index in [1.54, 1.807) is 55.6 Å². The number of methoxy groups -OCH3 is 1. The fourth-order valence-corrected chi connectivity index (χ4v) is 3.73. The van der Waals surface area contributed by atoms with Gasteiger partial charge in [-0.1, -0.05) is 12.1 Å². The van der Waals surface area contributed by atoms with Crippen LogP contribution >= 0.6 is 15.9 Å². The maximum Gasteiger partial charge on any atom is 0.338 e. The fourth-order valence-electron chi connectivity index (χ4n) is 3.26. The molecular formula is C25H21BrN4O4. The lowest BCUT2D eigenvalue weighted by Gasteiger charge is -2.13. The zero-order chi connectivity index (χ0) is 24.1. The van der Waals surface area contributed by atoms with Gasteiger partial charge in [0.05, 0.1) is 30.5 Å². The number of carbonyl (C=O) groups is 2. The molecule has 1 aromatic heterocycles. The maximum absolute atomic E-state index is 12.8. The predicted octanol–water partition coefficient (Wildman–Crippen LogP) is 5.57. The van der Waals surface area contributed by atoms with Gasteiger partial charge in [-0.05, 0) is 71.4 Å². The minimum Gasteiger partial charge on any atom is -0.495 e. The molecule has 0 fully saturated rings. The predicted molar refractivity (Wildman–Crippen MR) is 134 cm³/mol. The summed E-state index contributed by atoms with van der Waals surface area (Å²) in [4.78, 5) is 33.6. The summed E-state index contributed by atoms with van der Waals surface area (Å²) in [5, 5.41) is 6.92. The molecule has 1 amide bonds. The van der Waals surface area contributed by atoms with Crippen molar-refractivity contribution in [1.29, 1.82) is 0 Å². The van der Waals surface area contributed by atoms with Gasteiger partial charge in [0.2, 0.25) is 5.95 Å². The smallest absolute Gasteiger partial charge is 0.338 e. The van der Waals surface area contributed by atoms with Crippen molar-refractivity contribution < 1.29 is 19.1 Å². The molecule has 0 saturated heterocycles. The average molecular weight is 521 g/mol. The Bertz CT molecular complexity index is 1360. The largest absolute Gasteiger partial charge is 0.495 e. The van der Waals surface area contributed by atoms with Crippen LogP contribution in [0.25, 0.3) is 10.9 Å². The number of fused-ring (bicyclic) bond motifs is 1. The SMILES string of the molecule is CCOC(=O)c1ccc(C(=O)Nc2cc(Nc3ncc4cccc(Br)c4n3)ccc2OC)cc1. The monoisotopic (exact) mass is 520 g/mol. The third-order valence-electron chi connectivity index (χ3n) is 4.92. The van der Waals surface area contributed by atoms with Gasteiger partial charge in [-0.25, -0.2) is 14.8 Å². The molecule has 2 N–H and O–H groups in total. The first-order chi connectivity index (χ1) is 16.5. The van der Waals surface area contributed by atoms with E-state index in [4.69, 9.17) is 9.47 Å². The molecule has 8 nitrogen and oxygen atoms in total. The van der Waals surface area contributed by atoms with Gasteiger partial charge in [0.1, 0.15) is 5.75 Å². The number of para-hydroxylation sites is 1. The Labute approximate surface area is 204 Å². The summed E-state index contributed by atoms with van der Waals surface area (Å²) in [7, 11) is 1.52. The molecule has 0 aliphatic carbocycles. The van der Waals surface area contributed by atoms with E-state index in [0.717, 1.165) is 15.4 Å². The molecule has 0 saturated carbocycles. The van der Waals surface area contributed by atoms with Crippen LogP contribution in [0.3, 0.4) is 0 Å². The molecule has 0 aliphatic rings. The molecule has 0 radical (unpaired) electrons. The summed E-state index contributed by atoms with van der Waals surface area (Å²) >= 11 is 3.51. The first kappa shape index (κ1) is 23.2. The Morgan fingerprint density at radius 1 is 1.03 bits per heavy atom. The van der Waals surface area contributed by atoms with Gasteiger partial charge in [0.25, 0.3) is 5.91 Å². The normalized spacial score (nSPS) is 10.6. The Hall–Kier alpha value is -3.98. The number of esters is 1. The molecule has 0 unspecified atom stereocenters. The second-order valence-electron chi connectivity index (χ2n) is 7.16. The van der Waals surface area contributed by atoms with Gasteiger partial charge >= 0.3 is 5.97 Å². The lowest BCUT2D eigenvalue weighted by atomic mass is 10.1. The number of ether oxygens (including phenoxy) is 2. The van der Waals surface area contributed by atoms with Crippen molar-refractivity contribution in [2.45, 2.75) is 6.92 Å². The summed E-state index contributed by atoms with van der Waals surface area (Å²) in [6.07, 6.45) is 1.74. The zero-order valence-electron chi connectivity index (χ0n) is 18.5. The van der Waals surface area contributed by atoms with Crippen molar-refractivity contribution in [2.75, 3.05) is 24.4 Å². The van der Waals surface area contributed by atoms with Crippen LogP contribution in [0.5, 0.6) is 5.75 Å². The highest BCUT2D eigenvalue weighted by atomic mass is 79.9. The molecule has 3 aromatic carbocycles. The summed E-state index contributed by atoms with van der Waals surface area (Å²) in [5.74, 6) is 0.121. The van der Waals surface area contributed by atoms with Crippen molar-refractivity contribution in [1.82, 2.24) is 9.97 Å². The van der Waals surface area contributed by atoms with E-state index in [0.29, 0.717) is 34.2 Å². The van der Waals surface area contributed by atoms with Gasteiger partial charge in [-0.3, -0.25) is 4.79 Å². The molecule has 9 heteroatoms. The molecule has 1 heterocycles. The summed E-state index contributed by atoms with van der Waals surface area (Å²) in [6, 6.07) is 17.3. The number of hydrogen-bond acceptors (Lipinski definition) is 7. The van der Waals surface area contributed by atoms with Gasteiger partial charge in [-0.15, -0.1) is 0 Å². The van der Waals surface area contributed by atoms with Crippen LogP contribution in [-0.4, -0.2) is 35.6 Å². The van der Waals surface area contributed by atoms with E-state index in [1.807, 2.05) is 18.2 Å². The van der Waals surface area contributed by atoms with Gasteiger partial charge in [0.15, 0.2) is 0 Å². The van der Waals surface area contributed by atoms with Gasteiger partial charge < -0.3 is 20.1 Å². The van der Waals surface area contributed by atoms with Gasteiger partial charge in [0, 0.05) is 27.3 Å². The number of aromatic nitrogens is 2. The average Bonchev–Trinajstić information content (AvgIpc) is 2.85. The van der Waals surface area contributed by atoms with Crippen molar-refractivity contribution in [3.05, 3.63) is 82.5 Å². The molecule has 4 aromatic rings. The number of amides is 1. The van der Waals surface area contributed by atoms with Crippen LogP contribution in [0.2, 0.25) is 0 Å². The minimum absolute atomic E-state index is 0.284. The minimum atomic E-state index is -0.433.